The fourth-order valence-corrected chi connectivity index (χ4v) is 2.64. The first kappa shape index (κ1) is 18.6. The standard InChI is InChI=1S/C16H12BrClF3NO2/c1-9(22)23-15(13-8-11(17)4-7-14(13)18)10-2-5-12(6-3-10)24-16(19,20)21/h2-8,15,22H,1H3. The van der Waals surface area contributed by atoms with Gasteiger partial charge < -0.3 is 9.47 Å². The van der Waals surface area contributed by atoms with Crippen molar-refractivity contribution in [2.75, 3.05) is 0 Å². The molecule has 128 valence electrons. The van der Waals surface area contributed by atoms with Crippen LogP contribution in [0.4, 0.5) is 13.2 Å². The fourth-order valence-electron chi connectivity index (χ4n) is 2.05. The average Bonchev–Trinajstić information content (AvgIpc) is 2.47. The van der Waals surface area contributed by atoms with E-state index in [9.17, 15) is 13.2 Å². The highest BCUT2D eigenvalue weighted by Gasteiger charge is 2.31. The van der Waals surface area contributed by atoms with Crippen LogP contribution in [0, 0.1) is 5.41 Å². The van der Waals surface area contributed by atoms with E-state index in [0.717, 1.165) is 4.47 Å². The van der Waals surface area contributed by atoms with Crippen LogP contribution in [0.25, 0.3) is 0 Å². The van der Waals surface area contributed by atoms with Gasteiger partial charge in [0, 0.05) is 22.0 Å². The molecule has 0 saturated heterocycles. The van der Waals surface area contributed by atoms with E-state index in [0.29, 0.717) is 16.1 Å². The first-order chi connectivity index (χ1) is 11.2. The van der Waals surface area contributed by atoms with Crippen LogP contribution in [0.15, 0.2) is 46.9 Å². The molecule has 2 aromatic carbocycles. The third kappa shape index (κ3) is 5.14. The summed E-state index contributed by atoms with van der Waals surface area (Å²) in [7, 11) is 0. The number of nitrogens with one attached hydrogen (secondary N) is 1. The zero-order valence-electron chi connectivity index (χ0n) is 12.3. The van der Waals surface area contributed by atoms with Gasteiger partial charge in [-0.05, 0) is 35.9 Å². The molecule has 1 N–H and O–H groups in total. The van der Waals surface area contributed by atoms with Crippen molar-refractivity contribution in [1.29, 1.82) is 5.41 Å². The van der Waals surface area contributed by atoms with Crippen molar-refractivity contribution < 1.29 is 22.6 Å². The Bertz CT molecular complexity index is 735. The molecular formula is C16H12BrClF3NO2. The lowest BCUT2D eigenvalue weighted by Crippen LogP contribution is -2.17. The zero-order chi connectivity index (χ0) is 17.9. The topological polar surface area (TPSA) is 42.3 Å². The van der Waals surface area contributed by atoms with Gasteiger partial charge in [-0.3, -0.25) is 5.41 Å². The number of rotatable bonds is 4. The number of benzene rings is 2. The zero-order valence-corrected chi connectivity index (χ0v) is 14.7. The van der Waals surface area contributed by atoms with Crippen molar-refractivity contribution in [1.82, 2.24) is 0 Å². The molecule has 2 aromatic rings. The third-order valence-corrected chi connectivity index (χ3v) is 3.79. The summed E-state index contributed by atoms with van der Waals surface area (Å²) in [6.45, 7) is 1.46. The molecule has 0 aliphatic carbocycles. The molecule has 0 aliphatic heterocycles. The summed E-state index contributed by atoms with van der Waals surface area (Å²) < 4.78 is 46.8. The van der Waals surface area contributed by atoms with E-state index in [-0.39, 0.29) is 11.6 Å². The number of hydrogen-bond donors (Lipinski definition) is 1. The second-order valence-corrected chi connectivity index (χ2v) is 6.16. The van der Waals surface area contributed by atoms with Gasteiger partial charge in [-0.1, -0.05) is 39.7 Å². The average molecular weight is 423 g/mol. The van der Waals surface area contributed by atoms with E-state index in [2.05, 4.69) is 20.7 Å². The summed E-state index contributed by atoms with van der Waals surface area (Å²) in [6, 6.07) is 10.4. The molecule has 3 nitrogen and oxygen atoms in total. The number of halogens is 5. The summed E-state index contributed by atoms with van der Waals surface area (Å²) in [6.07, 6.45) is -5.48. The number of hydrogen-bond acceptors (Lipinski definition) is 3. The third-order valence-electron chi connectivity index (χ3n) is 2.95. The lowest BCUT2D eigenvalue weighted by atomic mass is 10.0. The number of alkyl halides is 3. The second kappa shape index (κ2) is 7.44. The second-order valence-electron chi connectivity index (χ2n) is 4.84. The Labute approximate surface area is 150 Å². The molecule has 1 unspecified atom stereocenters. The summed E-state index contributed by atoms with van der Waals surface area (Å²) in [4.78, 5) is 0. The van der Waals surface area contributed by atoms with Crippen LogP contribution in [0.2, 0.25) is 5.02 Å². The van der Waals surface area contributed by atoms with Crippen LogP contribution in [0.1, 0.15) is 24.2 Å². The van der Waals surface area contributed by atoms with Gasteiger partial charge in [-0.15, -0.1) is 13.2 Å². The van der Waals surface area contributed by atoms with Gasteiger partial charge in [-0.25, -0.2) is 0 Å². The Morgan fingerprint density at radius 3 is 2.33 bits per heavy atom. The van der Waals surface area contributed by atoms with Gasteiger partial charge in [0.25, 0.3) is 0 Å². The lowest BCUT2D eigenvalue weighted by molar-refractivity contribution is -0.274. The van der Waals surface area contributed by atoms with Crippen molar-refractivity contribution in [3.8, 4) is 5.75 Å². The highest BCUT2D eigenvalue weighted by Crippen LogP contribution is 2.34. The molecule has 8 heteroatoms. The normalized spacial score (nSPS) is 12.6. The number of ether oxygens (including phenoxy) is 2. The van der Waals surface area contributed by atoms with Gasteiger partial charge >= 0.3 is 6.36 Å². The van der Waals surface area contributed by atoms with Crippen molar-refractivity contribution in [3.63, 3.8) is 0 Å². The van der Waals surface area contributed by atoms with E-state index in [1.54, 1.807) is 18.2 Å². The Hall–Kier alpha value is -1.73. The highest BCUT2D eigenvalue weighted by molar-refractivity contribution is 9.10. The molecule has 1 atom stereocenters. The van der Waals surface area contributed by atoms with Crippen LogP contribution in [-0.4, -0.2) is 12.3 Å². The van der Waals surface area contributed by atoms with Gasteiger partial charge in [-0.2, -0.15) is 0 Å². The van der Waals surface area contributed by atoms with Crippen molar-refractivity contribution >= 4 is 33.4 Å². The van der Waals surface area contributed by atoms with E-state index >= 15 is 0 Å². The Morgan fingerprint density at radius 2 is 1.79 bits per heavy atom. The largest absolute Gasteiger partial charge is 0.573 e. The van der Waals surface area contributed by atoms with E-state index in [1.165, 1.54) is 31.2 Å². The summed E-state index contributed by atoms with van der Waals surface area (Å²) >= 11 is 9.53. The molecule has 0 heterocycles. The molecule has 0 bridgehead atoms. The smallest absolute Gasteiger partial charge is 0.469 e. The van der Waals surface area contributed by atoms with Gasteiger partial charge in [0.05, 0.1) is 0 Å². The first-order valence-corrected chi connectivity index (χ1v) is 7.85. The Balaban J connectivity index is 2.38. The quantitative estimate of drug-likeness (QED) is 0.477. The maximum Gasteiger partial charge on any atom is 0.573 e. The maximum absolute atomic E-state index is 12.2. The predicted molar refractivity (Wildman–Crippen MR) is 88.6 cm³/mol. The summed E-state index contributed by atoms with van der Waals surface area (Å²) in [5.41, 5.74) is 1.12. The van der Waals surface area contributed by atoms with Crippen molar-refractivity contribution in [2.24, 2.45) is 0 Å². The van der Waals surface area contributed by atoms with Gasteiger partial charge in [0.2, 0.25) is 0 Å². The molecule has 0 saturated carbocycles. The van der Waals surface area contributed by atoms with E-state index < -0.39 is 12.5 Å². The van der Waals surface area contributed by atoms with Crippen LogP contribution < -0.4 is 4.74 Å². The van der Waals surface area contributed by atoms with Crippen LogP contribution >= 0.6 is 27.5 Å². The van der Waals surface area contributed by atoms with Crippen LogP contribution in [0.5, 0.6) is 5.75 Å². The Kier molecular flexibility index (Phi) is 5.77. The SMILES string of the molecule is CC(=N)OC(c1ccc(OC(F)(F)F)cc1)c1cc(Br)ccc1Cl. The molecule has 0 aliphatic rings. The molecule has 0 radical (unpaired) electrons. The van der Waals surface area contributed by atoms with E-state index in [1.807, 2.05) is 0 Å². The monoisotopic (exact) mass is 421 g/mol. The maximum atomic E-state index is 12.2. The van der Waals surface area contributed by atoms with Crippen LogP contribution in [0.3, 0.4) is 0 Å². The fraction of sp³-hybridized carbons (Fsp3) is 0.188. The minimum atomic E-state index is -4.75. The van der Waals surface area contributed by atoms with E-state index in [4.69, 9.17) is 21.7 Å². The first-order valence-electron chi connectivity index (χ1n) is 6.68. The van der Waals surface area contributed by atoms with Crippen molar-refractivity contribution in [3.05, 3.63) is 63.1 Å². The molecular weight excluding hydrogens is 411 g/mol. The minimum absolute atomic E-state index is 0.0494. The molecule has 0 fully saturated rings. The van der Waals surface area contributed by atoms with Crippen molar-refractivity contribution in [2.45, 2.75) is 19.4 Å². The lowest BCUT2D eigenvalue weighted by Gasteiger charge is -2.21. The Morgan fingerprint density at radius 1 is 1.17 bits per heavy atom. The van der Waals surface area contributed by atoms with Gasteiger partial charge in [0.15, 0.2) is 12.0 Å². The predicted octanol–water partition coefficient (Wildman–Crippen LogP) is 6.10. The molecule has 0 aromatic heterocycles. The minimum Gasteiger partial charge on any atom is -0.469 e. The molecule has 2 rings (SSSR count). The highest BCUT2D eigenvalue weighted by atomic mass is 79.9. The van der Waals surface area contributed by atoms with Gasteiger partial charge in [0.1, 0.15) is 5.75 Å². The molecule has 24 heavy (non-hydrogen) atoms. The summed E-state index contributed by atoms with van der Waals surface area (Å²) in [5.74, 6) is -0.386. The summed E-state index contributed by atoms with van der Waals surface area (Å²) in [5, 5.41) is 7.97. The molecule has 0 amide bonds. The van der Waals surface area contributed by atoms with Crippen LogP contribution in [-0.2, 0) is 4.74 Å². The molecule has 0 spiro atoms.